The van der Waals surface area contributed by atoms with Gasteiger partial charge in [-0.25, -0.2) is 13.1 Å². The van der Waals surface area contributed by atoms with E-state index in [1.807, 2.05) is 32.8 Å². The minimum absolute atomic E-state index is 0.142. The van der Waals surface area contributed by atoms with Gasteiger partial charge >= 0.3 is 0 Å². The molecule has 2 atom stereocenters. The van der Waals surface area contributed by atoms with E-state index in [1.165, 1.54) is 6.07 Å². The molecule has 0 fully saturated rings. The van der Waals surface area contributed by atoms with E-state index in [9.17, 15) is 13.5 Å². The molecule has 0 spiro atoms. The molecule has 0 aliphatic carbocycles. The van der Waals surface area contributed by atoms with Crippen molar-refractivity contribution in [3.05, 3.63) is 29.8 Å². The van der Waals surface area contributed by atoms with Gasteiger partial charge in [-0.15, -0.1) is 0 Å². The minimum Gasteiger partial charge on any atom is -0.388 e. The second-order valence-electron chi connectivity index (χ2n) is 5.61. The Bertz CT molecular complexity index is 544. The predicted molar refractivity (Wildman–Crippen MR) is 84.6 cm³/mol. The second-order valence-corrected chi connectivity index (χ2v) is 7.32. The maximum Gasteiger partial charge on any atom is 0.240 e. The summed E-state index contributed by atoms with van der Waals surface area (Å²) in [5, 5.41) is 9.83. The molecule has 0 aliphatic rings. The van der Waals surface area contributed by atoms with Gasteiger partial charge in [-0.3, -0.25) is 0 Å². The van der Waals surface area contributed by atoms with Gasteiger partial charge in [0.1, 0.15) is 0 Å². The standard InChI is InChI=1S/C15H26N2O3S/c1-5-15(18)13-7-6-8-14(11-13)21(19,20)16-12(2)9-10-17(3)4/h6-8,11-12,15-16,18H,5,9-10H2,1-4H3. The zero-order chi connectivity index (χ0) is 16.0. The number of sulfonamides is 1. The molecule has 5 nitrogen and oxygen atoms in total. The summed E-state index contributed by atoms with van der Waals surface area (Å²) < 4.78 is 27.4. The van der Waals surface area contributed by atoms with Crippen molar-refractivity contribution in [1.82, 2.24) is 9.62 Å². The van der Waals surface area contributed by atoms with Crippen LogP contribution in [0.1, 0.15) is 38.4 Å². The van der Waals surface area contributed by atoms with Gasteiger partial charge in [-0.1, -0.05) is 19.1 Å². The Labute approximate surface area is 128 Å². The maximum atomic E-state index is 12.3. The molecule has 1 rings (SSSR count). The number of nitrogens with zero attached hydrogens (tertiary/aromatic N) is 1. The molecule has 6 heteroatoms. The van der Waals surface area contributed by atoms with Crippen LogP contribution in [0.2, 0.25) is 0 Å². The SMILES string of the molecule is CCC(O)c1cccc(S(=O)(=O)NC(C)CCN(C)C)c1. The van der Waals surface area contributed by atoms with Crippen molar-refractivity contribution in [3.8, 4) is 0 Å². The molecule has 0 saturated carbocycles. The van der Waals surface area contributed by atoms with Crippen molar-refractivity contribution in [2.24, 2.45) is 0 Å². The van der Waals surface area contributed by atoms with Crippen LogP contribution >= 0.6 is 0 Å². The molecule has 0 saturated heterocycles. The molecule has 1 aromatic carbocycles. The molecule has 0 aliphatic heterocycles. The fourth-order valence-electron chi connectivity index (χ4n) is 1.97. The van der Waals surface area contributed by atoms with E-state index in [-0.39, 0.29) is 10.9 Å². The first-order chi connectivity index (χ1) is 9.76. The topological polar surface area (TPSA) is 69.6 Å². The highest BCUT2D eigenvalue weighted by molar-refractivity contribution is 7.89. The van der Waals surface area contributed by atoms with Crippen LogP contribution in [0, 0.1) is 0 Å². The Hall–Kier alpha value is -0.950. The summed E-state index contributed by atoms with van der Waals surface area (Å²) in [6.07, 6.45) is 0.658. The molecule has 0 heterocycles. The average molecular weight is 314 g/mol. The Morgan fingerprint density at radius 3 is 2.57 bits per heavy atom. The van der Waals surface area contributed by atoms with Crippen molar-refractivity contribution >= 4 is 10.0 Å². The number of aliphatic hydroxyl groups excluding tert-OH is 1. The lowest BCUT2D eigenvalue weighted by atomic mass is 10.1. The number of hydrogen-bond acceptors (Lipinski definition) is 4. The van der Waals surface area contributed by atoms with Crippen LogP contribution in [0.15, 0.2) is 29.2 Å². The van der Waals surface area contributed by atoms with Crippen molar-refractivity contribution in [2.45, 2.75) is 43.7 Å². The molecule has 2 unspecified atom stereocenters. The Morgan fingerprint density at radius 2 is 2.00 bits per heavy atom. The quantitative estimate of drug-likeness (QED) is 0.767. The molecular weight excluding hydrogens is 288 g/mol. The lowest BCUT2D eigenvalue weighted by molar-refractivity contribution is 0.173. The molecular formula is C15H26N2O3S. The summed E-state index contributed by atoms with van der Waals surface area (Å²) >= 11 is 0. The molecule has 120 valence electrons. The summed E-state index contributed by atoms with van der Waals surface area (Å²) in [6, 6.07) is 6.34. The number of nitrogens with one attached hydrogen (secondary N) is 1. The summed E-state index contributed by atoms with van der Waals surface area (Å²) in [6.45, 7) is 4.53. The van der Waals surface area contributed by atoms with Gasteiger partial charge in [0.15, 0.2) is 0 Å². The minimum atomic E-state index is -3.55. The summed E-state index contributed by atoms with van der Waals surface area (Å²) in [5.41, 5.74) is 0.626. The van der Waals surface area contributed by atoms with Crippen LogP contribution < -0.4 is 4.72 Å². The highest BCUT2D eigenvalue weighted by Gasteiger charge is 2.18. The van der Waals surface area contributed by atoms with E-state index in [2.05, 4.69) is 4.72 Å². The van der Waals surface area contributed by atoms with Gasteiger partial charge in [0.25, 0.3) is 0 Å². The zero-order valence-corrected chi connectivity index (χ0v) is 14.0. The number of hydrogen-bond donors (Lipinski definition) is 2. The fraction of sp³-hybridized carbons (Fsp3) is 0.600. The molecule has 21 heavy (non-hydrogen) atoms. The van der Waals surface area contributed by atoms with Gasteiger partial charge in [0, 0.05) is 6.04 Å². The highest BCUT2D eigenvalue weighted by atomic mass is 32.2. The van der Waals surface area contributed by atoms with E-state index < -0.39 is 16.1 Å². The molecule has 0 amide bonds. The normalized spacial score (nSPS) is 15.1. The van der Waals surface area contributed by atoms with E-state index in [1.54, 1.807) is 18.2 Å². The monoisotopic (exact) mass is 314 g/mol. The van der Waals surface area contributed by atoms with Crippen LogP contribution in [0.25, 0.3) is 0 Å². The Morgan fingerprint density at radius 1 is 1.33 bits per heavy atom. The van der Waals surface area contributed by atoms with Gasteiger partial charge in [-0.2, -0.15) is 0 Å². The molecule has 0 radical (unpaired) electrons. The van der Waals surface area contributed by atoms with Crippen LogP contribution in [-0.4, -0.2) is 45.1 Å². The third-order valence-corrected chi connectivity index (χ3v) is 4.89. The average Bonchev–Trinajstić information content (AvgIpc) is 2.44. The van der Waals surface area contributed by atoms with Crippen molar-refractivity contribution in [1.29, 1.82) is 0 Å². The second kappa shape index (κ2) is 7.89. The Balaban J connectivity index is 2.83. The van der Waals surface area contributed by atoms with E-state index in [0.717, 1.165) is 13.0 Å². The maximum absolute atomic E-state index is 12.3. The number of rotatable bonds is 8. The van der Waals surface area contributed by atoms with Crippen molar-refractivity contribution < 1.29 is 13.5 Å². The number of benzene rings is 1. The predicted octanol–water partition coefficient (Wildman–Crippen LogP) is 1.75. The summed E-state index contributed by atoms with van der Waals surface area (Å²) in [4.78, 5) is 2.22. The first-order valence-electron chi connectivity index (χ1n) is 7.21. The molecule has 0 bridgehead atoms. The smallest absolute Gasteiger partial charge is 0.240 e. The van der Waals surface area contributed by atoms with Crippen molar-refractivity contribution in [2.75, 3.05) is 20.6 Å². The Kier molecular flexibility index (Phi) is 6.80. The first kappa shape index (κ1) is 18.1. The zero-order valence-electron chi connectivity index (χ0n) is 13.2. The fourth-order valence-corrected chi connectivity index (χ4v) is 3.30. The first-order valence-corrected chi connectivity index (χ1v) is 8.69. The van der Waals surface area contributed by atoms with Crippen LogP contribution in [0.5, 0.6) is 0 Å². The molecule has 1 aromatic rings. The third kappa shape index (κ3) is 5.74. The summed E-state index contributed by atoms with van der Waals surface area (Å²) in [5.74, 6) is 0. The largest absolute Gasteiger partial charge is 0.388 e. The summed E-state index contributed by atoms with van der Waals surface area (Å²) in [7, 11) is 0.359. The van der Waals surface area contributed by atoms with Crippen LogP contribution in [-0.2, 0) is 10.0 Å². The lowest BCUT2D eigenvalue weighted by Crippen LogP contribution is -2.34. The lowest BCUT2D eigenvalue weighted by Gasteiger charge is -2.17. The molecule has 2 N–H and O–H groups in total. The van der Waals surface area contributed by atoms with Gasteiger partial charge in [0.2, 0.25) is 10.0 Å². The van der Waals surface area contributed by atoms with E-state index in [4.69, 9.17) is 0 Å². The van der Waals surface area contributed by atoms with Crippen molar-refractivity contribution in [3.63, 3.8) is 0 Å². The van der Waals surface area contributed by atoms with Gasteiger partial charge < -0.3 is 10.0 Å². The van der Waals surface area contributed by atoms with Gasteiger partial charge in [-0.05, 0) is 58.1 Å². The highest BCUT2D eigenvalue weighted by Crippen LogP contribution is 2.20. The number of aliphatic hydroxyl groups is 1. The van der Waals surface area contributed by atoms with Crippen LogP contribution in [0.4, 0.5) is 0 Å². The third-order valence-electron chi connectivity index (χ3n) is 3.31. The molecule has 0 aromatic heterocycles. The van der Waals surface area contributed by atoms with Crippen LogP contribution in [0.3, 0.4) is 0 Å². The van der Waals surface area contributed by atoms with Gasteiger partial charge in [0.05, 0.1) is 11.0 Å². The van der Waals surface area contributed by atoms with E-state index in [0.29, 0.717) is 12.0 Å². The van der Waals surface area contributed by atoms with E-state index >= 15 is 0 Å².